The third-order valence-electron chi connectivity index (χ3n) is 0.581. The standard InChI is InChI=1S/C3H7Br2O4P.Ca/c4-1-3(5)2-9-10(6,7)8;/h3H,1-2H2,(H2,6,7,8);/q;+2/p-2. The maximum absolute atomic E-state index is 9.87. The van der Waals surface area contributed by atoms with Crippen molar-refractivity contribution in [3.63, 3.8) is 0 Å². The molecule has 0 aliphatic carbocycles. The summed E-state index contributed by atoms with van der Waals surface area (Å²) < 4.78 is 13.8. The summed E-state index contributed by atoms with van der Waals surface area (Å²) in [7, 11) is -4.78. The summed E-state index contributed by atoms with van der Waals surface area (Å²) in [6.45, 7) is -0.129. The Kier molecular flexibility index (Phi) is 11.1. The van der Waals surface area contributed by atoms with E-state index in [0.29, 0.717) is 5.33 Å². The minimum absolute atomic E-state index is 0. The molecule has 0 aliphatic rings. The van der Waals surface area contributed by atoms with Gasteiger partial charge >= 0.3 is 37.7 Å². The molecule has 0 N–H and O–H groups in total. The fourth-order valence-electron chi connectivity index (χ4n) is 0.217. The van der Waals surface area contributed by atoms with Gasteiger partial charge in [-0.05, 0) is 0 Å². The Labute approximate surface area is 112 Å². The van der Waals surface area contributed by atoms with Crippen LogP contribution in [0.3, 0.4) is 0 Å². The van der Waals surface area contributed by atoms with Crippen LogP contribution >= 0.6 is 39.7 Å². The van der Waals surface area contributed by atoms with Crippen LogP contribution in [-0.2, 0) is 9.09 Å². The van der Waals surface area contributed by atoms with Gasteiger partial charge in [-0.15, -0.1) is 0 Å². The predicted molar refractivity (Wildman–Crippen MR) is 45.8 cm³/mol. The SMILES string of the molecule is O=P([O-])([O-])OCC(Br)CBr.[Ca+2]. The number of hydrogen-bond acceptors (Lipinski definition) is 4. The number of phosphoric acid groups is 1. The minimum atomic E-state index is -4.78. The molecule has 0 aliphatic heterocycles. The second-order valence-electron chi connectivity index (χ2n) is 1.49. The molecule has 0 aromatic rings. The van der Waals surface area contributed by atoms with Crippen molar-refractivity contribution in [2.75, 3.05) is 11.9 Å². The number of phosphoric ester groups is 1. The first-order valence-electron chi connectivity index (χ1n) is 2.32. The first-order valence-corrected chi connectivity index (χ1v) is 5.82. The number of halogens is 2. The molecule has 0 heterocycles. The molecule has 4 nitrogen and oxygen atoms in total. The summed E-state index contributed by atoms with van der Waals surface area (Å²) in [6, 6.07) is 0. The minimum Gasteiger partial charge on any atom is -0.790 e. The van der Waals surface area contributed by atoms with E-state index in [1.54, 1.807) is 0 Å². The Morgan fingerprint density at radius 1 is 1.55 bits per heavy atom. The fraction of sp³-hybridized carbons (Fsp3) is 1.00. The van der Waals surface area contributed by atoms with Crippen LogP contribution in [0.4, 0.5) is 0 Å². The average Bonchev–Trinajstić information content (AvgIpc) is 1.81. The molecular formula is C3H5Br2CaO4P. The molecule has 62 valence electrons. The van der Waals surface area contributed by atoms with E-state index < -0.39 is 7.82 Å². The van der Waals surface area contributed by atoms with Crippen molar-refractivity contribution in [3.05, 3.63) is 0 Å². The molecular weight excluding hydrogens is 331 g/mol. The number of rotatable bonds is 4. The average molecular weight is 336 g/mol. The normalized spacial score (nSPS) is 13.8. The van der Waals surface area contributed by atoms with Gasteiger partial charge in [0.2, 0.25) is 0 Å². The molecule has 0 aromatic heterocycles. The van der Waals surface area contributed by atoms with Crippen LogP contribution in [0, 0.1) is 0 Å². The van der Waals surface area contributed by atoms with Crippen LogP contribution in [0.25, 0.3) is 0 Å². The zero-order chi connectivity index (χ0) is 8.20. The van der Waals surface area contributed by atoms with Gasteiger partial charge in [0.25, 0.3) is 0 Å². The second kappa shape index (κ2) is 7.71. The molecule has 1 unspecified atom stereocenters. The van der Waals surface area contributed by atoms with Gasteiger partial charge in [-0.1, -0.05) is 31.9 Å². The van der Waals surface area contributed by atoms with E-state index in [9.17, 15) is 14.4 Å². The molecule has 0 radical (unpaired) electrons. The van der Waals surface area contributed by atoms with Crippen LogP contribution < -0.4 is 9.79 Å². The van der Waals surface area contributed by atoms with Gasteiger partial charge < -0.3 is 18.9 Å². The summed E-state index contributed by atoms with van der Waals surface area (Å²) in [5.74, 6) is 0. The number of alkyl halides is 2. The Balaban J connectivity index is 0. The first-order chi connectivity index (χ1) is 4.45. The van der Waals surface area contributed by atoms with E-state index in [-0.39, 0.29) is 49.2 Å². The summed E-state index contributed by atoms with van der Waals surface area (Å²) in [5, 5.41) is 0.535. The Morgan fingerprint density at radius 2 is 2.00 bits per heavy atom. The summed E-state index contributed by atoms with van der Waals surface area (Å²) in [5.41, 5.74) is 0. The topological polar surface area (TPSA) is 72.4 Å². The first kappa shape index (κ1) is 15.8. The van der Waals surface area contributed by atoms with Crippen LogP contribution in [0.2, 0.25) is 0 Å². The van der Waals surface area contributed by atoms with Crippen molar-refractivity contribution >= 4 is 77.4 Å². The smallest absolute Gasteiger partial charge is 0.790 e. The summed E-state index contributed by atoms with van der Waals surface area (Å²) in [4.78, 5) is 19.6. The molecule has 0 bridgehead atoms. The predicted octanol–water partition coefficient (Wildman–Crippen LogP) is -0.391. The van der Waals surface area contributed by atoms with Gasteiger partial charge in [0.1, 0.15) is 0 Å². The quantitative estimate of drug-likeness (QED) is 0.398. The molecule has 0 saturated heterocycles. The van der Waals surface area contributed by atoms with Gasteiger partial charge in [0, 0.05) is 10.2 Å². The third kappa shape index (κ3) is 12.3. The number of hydrogen-bond donors (Lipinski definition) is 0. The van der Waals surface area contributed by atoms with Crippen LogP contribution in [0.5, 0.6) is 0 Å². The van der Waals surface area contributed by atoms with E-state index in [4.69, 9.17) is 0 Å². The largest absolute Gasteiger partial charge is 2.00 e. The van der Waals surface area contributed by atoms with Crippen molar-refractivity contribution in [1.29, 1.82) is 0 Å². The molecule has 0 spiro atoms. The molecule has 0 amide bonds. The third-order valence-corrected chi connectivity index (χ3v) is 3.28. The second-order valence-corrected chi connectivity index (χ2v) is 4.59. The molecule has 0 aromatic carbocycles. The van der Waals surface area contributed by atoms with E-state index in [1.807, 2.05) is 0 Å². The van der Waals surface area contributed by atoms with Gasteiger partial charge in [0.05, 0.1) is 14.4 Å². The van der Waals surface area contributed by atoms with Gasteiger partial charge in [0.15, 0.2) is 0 Å². The van der Waals surface area contributed by atoms with E-state index in [1.165, 1.54) is 0 Å². The van der Waals surface area contributed by atoms with Crippen LogP contribution in [0.15, 0.2) is 0 Å². The fourth-order valence-corrected chi connectivity index (χ4v) is 1.10. The van der Waals surface area contributed by atoms with Crippen molar-refractivity contribution in [3.8, 4) is 0 Å². The zero-order valence-corrected chi connectivity index (χ0v) is 11.8. The molecule has 0 fully saturated rings. The zero-order valence-electron chi connectivity index (χ0n) is 5.53. The Bertz CT molecular complexity index is 139. The Hall–Kier alpha value is 2.33. The van der Waals surface area contributed by atoms with Gasteiger partial charge in [-0.3, -0.25) is 0 Å². The summed E-state index contributed by atoms with van der Waals surface area (Å²) in [6.07, 6.45) is 0. The van der Waals surface area contributed by atoms with Crippen LogP contribution in [-0.4, -0.2) is 54.5 Å². The van der Waals surface area contributed by atoms with Crippen molar-refractivity contribution in [2.45, 2.75) is 4.83 Å². The van der Waals surface area contributed by atoms with E-state index in [2.05, 4.69) is 36.4 Å². The summed E-state index contributed by atoms with van der Waals surface area (Å²) >= 11 is 6.12. The molecule has 0 saturated carbocycles. The molecule has 1 atom stereocenters. The molecule has 0 rings (SSSR count). The van der Waals surface area contributed by atoms with E-state index in [0.717, 1.165) is 0 Å². The monoisotopic (exact) mass is 334 g/mol. The van der Waals surface area contributed by atoms with Crippen molar-refractivity contribution in [2.24, 2.45) is 0 Å². The van der Waals surface area contributed by atoms with Crippen molar-refractivity contribution < 1.29 is 18.9 Å². The Morgan fingerprint density at radius 3 is 2.27 bits per heavy atom. The van der Waals surface area contributed by atoms with Crippen LogP contribution in [0.1, 0.15) is 0 Å². The molecule has 11 heavy (non-hydrogen) atoms. The molecule has 8 heteroatoms. The van der Waals surface area contributed by atoms with Crippen molar-refractivity contribution in [1.82, 2.24) is 0 Å². The van der Waals surface area contributed by atoms with E-state index >= 15 is 0 Å². The maximum Gasteiger partial charge on any atom is 2.00 e. The van der Waals surface area contributed by atoms with Gasteiger partial charge in [-0.25, -0.2) is 0 Å². The maximum atomic E-state index is 9.87. The van der Waals surface area contributed by atoms with Gasteiger partial charge in [-0.2, -0.15) is 0 Å².